The van der Waals surface area contributed by atoms with Crippen molar-refractivity contribution in [3.05, 3.63) is 41.6 Å². The van der Waals surface area contributed by atoms with Crippen molar-refractivity contribution in [3.63, 3.8) is 0 Å². The van der Waals surface area contributed by atoms with Crippen molar-refractivity contribution in [2.24, 2.45) is 0 Å². The first-order valence-corrected chi connectivity index (χ1v) is 8.45. The molecule has 2 aliphatic rings. The Labute approximate surface area is 161 Å². The number of hydrogen-bond acceptors (Lipinski definition) is 3. The van der Waals surface area contributed by atoms with E-state index < -0.39 is 0 Å². The summed E-state index contributed by atoms with van der Waals surface area (Å²) in [5.74, 6) is 1.46. The number of hydrogen-bond donors (Lipinski definition) is 0. The normalized spacial score (nSPS) is 19.0. The Hall–Kier alpha value is -1.64. The number of nitrogens with zero attached hydrogens (tertiary/aromatic N) is 1. The fourth-order valence-corrected chi connectivity index (χ4v) is 4.81. The summed E-state index contributed by atoms with van der Waals surface area (Å²) < 4.78 is 11.0. The minimum atomic E-state index is 0. The smallest absolute Gasteiger partial charge is 0.218 e. The molecule has 0 atom stereocenters. The van der Waals surface area contributed by atoms with Gasteiger partial charge in [-0.3, -0.25) is 0 Å². The zero-order valence-corrected chi connectivity index (χ0v) is 17.2. The number of ether oxygens (including phenoxy) is 2. The molecule has 0 N–H and O–H groups in total. The molecule has 1 radical (unpaired) electrons. The van der Waals surface area contributed by atoms with Gasteiger partial charge in [-0.05, 0) is 39.3 Å². The van der Waals surface area contributed by atoms with Crippen LogP contribution in [0.4, 0.5) is 0 Å². The third-order valence-corrected chi connectivity index (χ3v) is 5.53. The van der Waals surface area contributed by atoms with Crippen molar-refractivity contribution in [3.8, 4) is 11.5 Å². The summed E-state index contributed by atoms with van der Waals surface area (Å²) in [6.45, 7) is 9.59. The summed E-state index contributed by atoms with van der Waals surface area (Å²) in [7, 11) is 0. The second kappa shape index (κ2) is 5.18. The summed E-state index contributed by atoms with van der Waals surface area (Å²) >= 11 is 0. The number of fused-ring (bicyclic) bond motifs is 6. The van der Waals surface area contributed by atoms with Crippen LogP contribution in [0.2, 0.25) is 0 Å². The molecule has 0 bridgehead atoms. The zero-order chi connectivity index (χ0) is 16.7. The molecule has 131 valence electrons. The zero-order valence-electron chi connectivity index (χ0n) is 14.8. The molecule has 1 aliphatic carbocycles. The first-order valence-electron chi connectivity index (χ1n) is 8.45. The number of aromatic nitrogens is 1. The predicted octanol–water partition coefficient (Wildman–Crippen LogP) is 4.87. The average molecular weight is 511 g/mol. The molecule has 0 unspecified atom stereocenters. The third kappa shape index (κ3) is 2.24. The molecule has 1 aromatic heterocycles. The number of benzene rings is 2. The van der Waals surface area contributed by atoms with Crippen molar-refractivity contribution in [2.75, 3.05) is 6.79 Å². The van der Waals surface area contributed by atoms with Gasteiger partial charge >= 0.3 is 0 Å². The minimum absolute atomic E-state index is 0. The van der Waals surface area contributed by atoms with E-state index in [1.165, 1.54) is 16.5 Å². The maximum Gasteiger partial charge on any atom is 0.218 e. The van der Waals surface area contributed by atoms with E-state index in [1.54, 1.807) is 0 Å². The van der Waals surface area contributed by atoms with Gasteiger partial charge in [0.2, 0.25) is 6.79 Å². The Kier molecular flexibility index (Phi) is 3.49. The van der Waals surface area contributed by atoms with Gasteiger partial charge in [0.05, 0.1) is 11.5 Å². The van der Waals surface area contributed by atoms with Crippen molar-refractivity contribution < 1.29 is 29.6 Å². The third-order valence-electron chi connectivity index (χ3n) is 5.53. The van der Waals surface area contributed by atoms with Crippen molar-refractivity contribution >= 4 is 21.7 Å². The quantitative estimate of drug-likeness (QED) is 0.319. The van der Waals surface area contributed by atoms with Crippen LogP contribution < -0.4 is 9.47 Å². The van der Waals surface area contributed by atoms with E-state index in [2.05, 4.69) is 52.1 Å². The Morgan fingerprint density at radius 3 is 2.68 bits per heavy atom. The van der Waals surface area contributed by atoms with Crippen molar-refractivity contribution in [2.45, 2.75) is 44.9 Å². The molecule has 0 spiro atoms. The summed E-state index contributed by atoms with van der Waals surface area (Å²) in [5, 5.41) is 3.35. The molecule has 0 saturated carbocycles. The summed E-state index contributed by atoms with van der Waals surface area (Å²) in [6, 6.07) is 9.77. The minimum Gasteiger partial charge on any atom is -0.500 e. The fourth-order valence-electron chi connectivity index (χ4n) is 4.81. The van der Waals surface area contributed by atoms with E-state index in [0.717, 1.165) is 28.5 Å². The van der Waals surface area contributed by atoms with Crippen LogP contribution in [0.5, 0.6) is 11.5 Å². The van der Waals surface area contributed by atoms with Gasteiger partial charge in [-0.15, -0.1) is 10.8 Å². The van der Waals surface area contributed by atoms with E-state index in [-0.39, 0.29) is 37.7 Å². The SMILES string of the molecule is CC1(C)CC(C)(C)c2c1cnc1c2ccc2cc3c([c-]c21)OCO3.[Ir]. The van der Waals surface area contributed by atoms with Crippen LogP contribution in [0.15, 0.2) is 24.4 Å². The molecule has 0 fully saturated rings. The van der Waals surface area contributed by atoms with E-state index in [1.807, 2.05) is 6.07 Å². The van der Waals surface area contributed by atoms with Crippen LogP contribution in [0.3, 0.4) is 0 Å². The molecular formula is C21H20IrNO2-. The largest absolute Gasteiger partial charge is 0.500 e. The van der Waals surface area contributed by atoms with Gasteiger partial charge in [-0.25, -0.2) is 0 Å². The molecule has 5 rings (SSSR count). The molecule has 3 nitrogen and oxygen atoms in total. The summed E-state index contributed by atoms with van der Waals surface area (Å²) in [6.07, 6.45) is 3.21. The van der Waals surface area contributed by atoms with Crippen LogP contribution in [0.25, 0.3) is 21.7 Å². The van der Waals surface area contributed by atoms with Crippen molar-refractivity contribution in [1.29, 1.82) is 0 Å². The first kappa shape index (κ1) is 16.8. The average Bonchev–Trinajstić information content (AvgIpc) is 3.04. The van der Waals surface area contributed by atoms with Crippen LogP contribution in [-0.4, -0.2) is 11.8 Å². The molecular weight excluding hydrogens is 490 g/mol. The number of rotatable bonds is 0. The summed E-state index contributed by atoms with van der Waals surface area (Å²) in [4.78, 5) is 4.84. The predicted molar refractivity (Wildman–Crippen MR) is 94.9 cm³/mol. The van der Waals surface area contributed by atoms with Crippen LogP contribution in [0, 0.1) is 6.07 Å². The van der Waals surface area contributed by atoms with Crippen LogP contribution in [0.1, 0.15) is 45.2 Å². The molecule has 1 aliphatic heterocycles. The van der Waals surface area contributed by atoms with Gasteiger partial charge in [-0.2, -0.15) is 0 Å². The van der Waals surface area contributed by atoms with Crippen LogP contribution in [-0.2, 0) is 30.9 Å². The van der Waals surface area contributed by atoms with Gasteiger partial charge in [0.1, 0.15) is 0 Å². The van der Waals surface area contributed by atoms with E-state index in [9.17, 15) is 0 Å². The van der Waals surface area contributed by atoms with Gasteiger partial charge in [0, 0.05) is 26.3 Å². The molecule has 2 aromatic carbocycles. The molecule has 0 amide bonds. The van der Waals surface area contributed by atoms with Gasteiger partial charge in [-0.1, -0.05) is 52.0 Å². The monoisotopic (exact) mass is 511 g/mol. The number of pyridine rings is 1. The maximum absolute atomic E-state index is 5.52. The molecule has 0 saturated heterocycles. The van der Waals surface area contributed by atoms with Crippen LogP contribution >= 0.6 is 0 Å². The Morgan fingerprint density at radius 2 is 1.88 bits per heavy atom. The first-order chi connectivity index (χ1) is 11.4. The second-order valence-corrected chi connectivity index (χ2v) is 8.29. The van der Waals surface area contributed by atoms with Crippen molar-refractivity contribution in [1.82, 2.24) is 4.98 Å². The Balaban J connectivity index is 0.00000157. The molecule has 25 heavy (non-hydrogen) atoms. The van der Waals surface area contributed by atoms with E-state index in [4.69, 9.17) is 14.5 Å². The molecule has 2 heterocycles. The maximum atomic E-state index is 5.52. The van der Waals surface area contributed by atoms with Gasteiger partial charge < -0.3 is 14.5 Å². The van der Waals surface area contributed by atoms with E-state index in [0.29, 0.717) is 5.75 Å². The summed E-state index contributed by atoms with van der Waals surface area (Å²) in [5.41, 5.74) is 4.12. The Bertz CT molecular complexity index is 1020. The topological polar surface area (TPSA) is 31.4 Å². The van der Waals surface area contributed by atoms with Gasteiger partial charge in [0.25, 0.3) is 0 Å². The van der Waals surface area contributed by atoms with Gasteiger partial charge in [0.15, 0.2) is 0 Å². The molecule has 4 heteroatoms. The second-order valence-electron chi connectivity index (χ2n) is 8.29. The Morgan fingerprint density at radius 1 is 1.08 bits per heavy atom. The standard InChI is InChI=1S/C21H20NO2.Ir/c1-20(2)10-21(3,4)18-13-6-5-12-7-16-17(24-11-23-16)8-14(12)19(13)22-9-15(18)20;/h5-7,9H,10-11H2,1-4H3;/q-1;. The van der Waals surface area contributed by atoms with E-state index >= 15 is 0 Å². The molecule has 3 aromatic rings. The fraction of sp³-hybridized carbons (Fsp3) is 0.381.